The molecular formula is C13H6F2N2O3. The van der Waals surface area contributed by atoms with E-state index in [1.165, 1.54) is 12.1 Å². The van der Waals surface area contributed by atoms with Crippen LogP contribution in [-0.2, 0) is 0 Å². The zero-order valence-corrected chi connectivity index (χ0v) is 9.84. The number of ether oxygens (including phenoxy) is 1. The summed E-state index contributed by atoms with van der Waals surface area (Å²) in [5.41, 5.74) is -0.530. The molecule has 0 heterocycles. The maximum Gasteiger partial charge on any atom is 0.314 e. The lowest BCUT2D eigenvalue weighted by Crippen LogP contribution is -1.96. The molecule has 20 heavy (non-hydrogen) atoms. The molecule has 2 aromatic carbocycles. The quantitative estimate of drug-likeness (QED) is 0.634. The Kier molecular flexibility index (Phi) is 3.57. The second kappa shape index (κ2) is 5.32. The highest BCUT2D eigenvalue weighted by Crippen LogP contribution is 2.33. The van der Waals surface area contributed by atoms with E-state index < -0.39 is 22.2 Å². The number of rotatable bonds is 3. The van der Waals surface area contributed by atoms with Crippen molar-refractivity contribution in [3.8, 4) is 17.6 Å². The van der Waals surface area contributed by atoms with Crippen LogP contribution in [-0.4, -0.2) is 4.92 Å². The van der Waals surface area contributed by atoms with Crippen LogP contribution in [0, 0.1) is 33.1 Å². The highest BCUT2D eigenvalue weighted by atomic mass is 19.1. The molecule has 0 aliphatic carbocycles. The number of nitro groups is 1. The normalized spacial score (nSPS) is 9.85. The zero-order chi connectivity index (χ0) is 14.7. The molecule has 0 amide bonds. The third-order valence-corrected chi connectivity index (χ3v) is 2.40. The summed E-state index contributed by atoms with van der Waals surface area (Å²) in [5.74, 6) is -2.23. The van der Waals surface area contributed by atoms with E-state index in [0.717, 1.165) is 18.2 Å². The van der Waals surface area contributed by atoms with Gasteiger partial charge in [-0.15, -0.1) is 0 Å². The molecule has 0 fully saturated rings. The molecule has 0 spiro atoms. The van der Waals surface area contributed by atoms with Crippen molar-refractivity contribution >= 4 is 5.69 Å². The highest BCUT2D eigenvalue weighted by Gasteiger charge is 2.18. The van der Waals surface area contributed by atoms with E-state index in [-0.39, 0.29) is 17.1 Å². The lowest BCUT2D eigenvalue weighted by Gasteiger charge is -2.07. The molecule has 0 bridgehead atoms. The number of nitrogens with zero attached hydrogens (tertiary/aromatic N) is 2. The van der Waals surface area contributed by atoms with Crippen molar-refractivity contribution in [3.63, 3.8) is 0 Å². The van der Waals surface area contributed by atoms with Gasteiger partial charge in [-0.1, -0.05) is 0 Å². The van der Waals surface area contributed by atoms with Crippen LogP contribution in [0.5, 0.6) is 11.5 Å². The van der Waals surface area contributed by atoms with Gasteiger partial charge in [-0.25, -0.2) is 8.78 Å². The molecule has 5 nitrogen and oxygen atoms in total. The summed E-state index contributed by atoms with van der Waals surface area (Å²) >= 11 is 0. The van der Waals surface area contributed by atoms with Crippen LogP contribution >= 0.6 is 0 Å². The van der Waals surface area contributed by atoms with Gasteiger partial charge in [0.25, 0.3) is 0 Å². The number of hydrogen-bond donors (Lipinski definition) is 0. The Hall–Kier alpha value is -3.01. The van der Waals surface area contributed by atoms with E-state index in [0.29, 0.717) is 6.07 Å². The zero-order valence-electron chi connectivity index (χ0n) is 9.84. The van der Waals surface area contributed by atoms with Gasteiger partial charge in [0.15, 0.2) is 11.6 Å². The van der Waals surface area contributed by atoms with E-state index in [9.17, 15) is 18.9 Å². The summed E-state index contributed by atoms with van der Waals surface area (Å²) in [6.45, 7) is 0. The van der Waals surface area contributed by atoms with Crippen LogP contribution in [0.4, 0.5) is 14.5 Å². The topological polar surface area (TPSA) is 76.2 Å². The first-order valence-electron chi connectivity index (χ1n) is 5.32. The SMILES string of the molecule is N#Cc1ccc(Oc2ccc(F)cc2[N+](=O)[O-])c(F)c1. The highest BCUT2D eigenvalue weighted by molar-refractivity contribution is 5.49. The Morgan fingerprint density at radius 2 is 1.85 bits per heavy atom. The molecule has 0 aromatic heterocycles. The van der Waals surface area contributed by atoms with Crippen LogP contribution in [0.2, 0.25) is 0 Å². The van der Waals surface area contributed by atoms with Gasteiger partial charge < -0.3 is 4.74 Å². The van der Waals surface area contributed by atoms with Crippen molar-refractivity contribution in [3.05, 3.63) is 63.7 Å². The molecule has 2 aromatic rings. The Morgan fingerprint density at radius 1 is 1.15 bits per heavy atom. The Morgan fingerprint density at radius 3 is 2.45 bits per heavy atom. The van der Waals surface area contributed by atoms with Crippen molar-refractivity contribution in [1.29, 1.82) is 5.26 Å². The fourth-order valence-electron chi connectivity index (χ4n) is 1.49. The predicted octanol–water partition coefficient (Wildman–Crippen LogP) is 3.54. The summed E-state index contributed by atoms with van der Waals surface area (Å²) in [6.07, 6.45) is 0. The minimum absolute atomic E-state index is 0.0865. The fraction of sp³-hybridized carbons (Fsp3) is 0. The van der Waals surface area contributed by atoms with Crippen LogP contribution in [0.15, 0.2) is 36.4 Å². The molecule has 7 heteroatoms. The lowest BCUT2D eigenvalue weighted by atomic mass is 10.2. The standard InChI is InChI=1S/C13H6F2N2O3/c14-9-2-4-13(11(6-9)17(18)19)20-12-3-1-8(7-16)5-10(12)15/h1-6H. The number of benzene rings is 2. The molecule has 0 aliphatic rings. The summed E-state index contributed by atoms with van der Waals surface area (Å²) < 4.78 is 31.6. The number of nitro benzene ring substituents is 1. The molecule has 0 atom stereocenters. The van der Waals surface area contributed by atoms with E-state index in [1.807, 2.05) is 0 Å². The first-order chi connectivity index (χ1) is 9.51. The molecule has 0 saturated carbocycles. The molecule has 2 rings (SSSR count). The summed E-state index contributed by atoms with van der Waals surface area (Å²) in [7, 11) is 0. The molecule has 0 N–H and O–H groups in total. The van der Waals surface area contributed by atoms with Gasteiger partial charge in [-0.05, 0) is 30.3 Å². The second-order valence-corrected chi connectivity index (χ2v) is 3.73. The van der Waals surface area contributed by atoms with E-state index in [2.05, 4.69) is 0 Å². The van der Waals surface area contributed by atoms with Crippen molar-refractivity contribution in [1.82, 2.24) is 0 Å². The van der Waals surface area contributed by atoms with E-state index in [1.54, 1.807) is 6.07 Å². The summed E-state index contributed by atoms with van der Waals surface area (Å²) in [4.78, 5) is 9.94. The average Bonchev–Trinajstić information content (AvgIpc) is 2.42. The monoisotopic (exact) mass is 276 g/mol. The first-order valence-corrected chi connectivity index (χ1v) is 5.32. The van der Waals surface area contributed by atoms with Gasteiger partial charge in [-0.2, -0.15) is 5.26 Å². The van der Waals surface area contributed by atoms with Crippen LogP contribution in [0.1, 0.15) is 5.56 Å². The van der Waals surface area contributed by atoms with Crippen molar-refractivity contribution in [2.45, 2.75) is 0 Å². The largest absolute Gasteiger partial charge is 0.447 e. The molecule has 0 saturated heterocycles. The van der Waals surface area contributed by atoms with Gasteiger partial charge in [-0.3, -0.25) is 10.1 Å². The minimum Gasteiger partial charge on any atom is -0.447 e. The number of halogens is 2. The van der Waals surface area contributed by atoms with Crippen molar-refractivity contribution in [2.24, 2.45) is 0 Å². The van der Waals surface area contributed by atoms with Gasteiger partial charge in [0, 0.05) is 0 Å². The summed E-state index contributed by atoms with van der Waals surface area (Å²) in [6, 6.07) is 7.82. The van der Waals surface area contributed by atoms with Crippen LogP contribution in [0.3, 0.4) is 0 Å². The Labute approximate surface area is 111 Å². The maximum absolute atomic E-state index is 13.6. The maximum atomic E-state index is 13.6. The third kappa shape index (κ3) is 2.70. The minimum atomic E-state index is -0.845. The number of nitriles is 1. The smallest absolute Gasteiger partial charge is 0.314 e. The molecule has 100 valence electrons. The number of hydrogen-bond acceptors (Lipinski definition) is 4. The predicted molar refractivity (Wildman–Crippen MR) is 64.2 cm³/mol. The van der Waals surface area contributed by atoms with Crippen LogP contribution < -0.4 is 4.74 Å². The molecule has 0 unspecified atom stereocenters. The van der Waals surface area contributed by atoms with Crippen molar-refractivity contribution < 1.29 is 18.4 Å². The Bertz CT molecular complexity index is 726. The fourth-order valence-corrected chi connectivity index (χ4v) is 1.49. The summed E-state index contributed by atoms with van der Waals surface area (Å²) in [5, 5.41) is 19.4. The van der Waals surface area contributed by atoms with E-state index in [4.69, 9.17) is 10.00 Å². The van der Waals surface area contributed by atoms with Gasteiger partial charge in [0.05, 0.1) is 22.6 Å². The molecule has 0 radical (unpaired) electrons. The first kappa shape index (κ1) is 13.4. The lowest BCUT2D eigenvalue weighted by molar-refractivity contribution is -0.385. The molecule has 0 aliphatic heterocycles. The van der Waals surface area contributed by atoms with Gasteiger partial charge in [0.1, 0.15) is 5.82 Å². The average molecular weight is 276 g/mol. The van der Waals surface area contributed by atoms with Crippen LogP contribution in [0.25, 0.3) is 0 Å². The van der Waals surface area contributed by atoms with E-state index >= 15 is 0 Å². The Balaban J connectivity index is 2.40. The third-order valence-electron chi connectivity index (χ3n) is 2.40. The van der Waals surface area contributed by atoms with Crippen molar-refractivity contribution in [2.75, 3.05) is 0 Å². The van der Waals surface area contributed by atoms with Gasteiger partial charge >= 0.3 is 5.69 Å². The van der Waals surface area contributed by atoms with Gasteiger partial charge in [0.2, 0.25) is 5.75 Å². The molecular weight excluding hydrogens is 270 g/mol. The second-order valence-electron chi connectivity index (χ2n) is 3.73.